The van der Waals surface area contributed by atoms with E-state index in [0.29, 0.717) is 18.6 Å². The lowest BCUT2D eigenvalue weighted by atomic mass is 9.74. The molecule has 1 heterocycles. The summed E-state index contributed by atoms with van der Waals surface area (Å²) in [6, 6.07) is 10.6. The van der Waals surface area contributed by atoms with Gasteiger partial charge in [-0.05, 0) is 45.6 Å². The molecule has 1 aliphatic heterocycles. The minimum Gasteiger partial charge on any atom is -0.380 e. The van der Waals surface area contributed by atoms with E-state index in [4.69, 9.17) is 14.2 Å². The highest BCUT2D eigenvalue weighted by Gasteiger charge is 2.41. The summed E-state index contributed by atoms with van der Waals surface area (Å²) in [5, 5.41) is 0. The van der Waals surface area contributed by atoms with Crippen molar-refractivity contribution in [1.82, 2.24) is 0 Å². The van der Waals surface area contributed by atoms with E-state index in [1.54, 1.807) is 0 Å². The SMILES string of the molecule is CCOC(C)(OCC)C(CCC1(CC)COC1)c1ccccc1. The third-order valence-corrected chi connectivity index (χ3v) is 5.23. The number of rotatable bonds is 10. The Morgan fingerprint density at radius 1 is 1.09 bits per heavy atom. The van der Waals surface area contributed by atoms with E-state index < -0.39 is 5.79 Å². The molecule has 1 fully saturated rings. The van der Waals surface area contributed by atoms with Crippen LogP contribution < -0.4 is 0 Å². The van der Waals surface area contributed by atoms with Gasteiger partial charge in [-0.25, -0.2) is 0 Å². The number of hydrogen-bond acceptors (Lipinski definition) is 3. The molecule has 0 N–H and O–H groups in total. The van der Waals surface area contributed by atoms with Crippen LogP contribution >= 0.6 is 0 Å². The van der Waals surface area contributed by atoms with Gasteiger partial charge in [0.05, 0.1) is 13.2 Å². The molecule has 0 radical (unpaired) electrons. The predicted molar refractivity (Wildman–Crippen MR) is 93.6 cm³/mol. The average Bonchev–Trinajstić information content (AvgIpc) is 2.51. The molecule has 1 atom stereocenters. The molecule has 23 heavy (non-hydrogen) atoms. The molecular weight excluding hydrogens is 288 g/mol. The smallest absolute Gasteiger partial charge is 0.172 e. The Kier molecular flexibility index (Phi) is 6.63. The maximum Gasteiger partial charge on any atom is 0.172 e. The monoisotopic (exact) mass is 320 g/mol. The molecule has 1 aromatic rings. The fourth-order valence-electron chi connectivity index (χ4n) is 3.60. The third-order valence-electron chi connectivity index (χ3n) is 5.23. The lowest BCUT2D eigenvalue weighted by Gasteiger charge is -2.44. The van der Waals surface area contributed by atoms with Gasteiger partial charge in [-0.1, -0.05) is 37.3 Å². The highest BCUT2D eigenvalue weighted by atomic mass is 16.7. The molecule has 1 unspecified atom stereocenters. The summed E-state index contributed by atoms with van der Waals surface area (Å²) in [7, 11) is 0. The van der Waals surface area contributed by atoms with E-state index in [0.717, 1.165) is 26.1 Å². The zero-order chi connectivity index (χ0) is 16.8. The van der Waals surface area contributed by atoms with Crippen molar-refractivity contribution in [2.24, 2.45) is 5.41 Å². The molecule has 0 bridgehead atoms. The Labute approximate surface area is 141 Å². The van der Waals surface area contributed by atoms with E-state index in [1.165, 1.54) is 12.0 Å². The van der Waals surface area contributed by atoms with E-state index in [-0.39, 0.29) is 5.92 Å². The van der Waals surface area contributed by atoms with Gasteiger partial charge in [0.1, 0.15) is 0 Å². The highest BCUT2D eigenvalue weighted by Crippen LogP contribution is 2.43. The number of benzene rings is 1. The Bertz CT molecular complexity index is 442. The molecular formula is C20H32O3. The first kappa shape index (κ1) is 18.4. The van der Waals surface area contributed by atoms with Gasteiger partial charge < -0.3 is 14.2 Å². The van der Waals surface area contributed by atoms with Crippen molar-refractivity contribution in [3.05, 3.63) is 35.9 Å². The van der Waals surface area contributed by atoms with Crippen molar-refractivity contribution in [1.29, 1.82) is 0 Å². The van der Waals surface area contributed by atoms with Gasteiger partial charge >= 0.3 is 0 Å². The summed E-state index contributed by atoms with van der Waals surface area (Å²) in [6.07, 6.45) is 3.38. The first-order chi connectivity index (χ1) is 11.1. The zero-order valence-electron chi connectivity index (χ0n) is 15.1. The molecule has 0 amide bonds. The van der Waals surface area contributed by atoms with E-state index in [9.17, 15) is 0 Å². The first-order valence-corrected chi connectivity index (χ1v) is 8.99. The van der Waals surface area contributed by atoms with Gasteiger partial charge in [0, 0.05) is 24.5 Å². The molecule has 3 heteroatoms. The molecule has 0 saturated carbocycles. The second-order valence-electron chi connectivity index (χ2n) is 6.73. The summed E-state index contributed by atoms with van der Waals surface area (Å²) >= 11 is 0. The maximum atomic E-state index is 6.08. The highest BCUT2D eigenvalue weighted by molar-refractivity contribution is 5.22. The number of ether oxygens (including phenoxy) is 3. The molecule has 3 nitrogen and oxygen atoms in total. The quantitative estimate of drug-likeness (QED) is 0.581. The lowest BCUT2D eigenvalue weighted by molar-refractivity contribution is -0.238. The minimum atomic E-state index is -0.579. The van der Waals surface area contributed by atoms with Crippen LogP contribution in [0.1, 0.15) is 58.4 Å². The Morgan fingerprint density at radius 2 is 1.70 bits per heavy atom. The Morgan fingerprint density at radius 3 is 2.13 bits per heavy atom. The van der Waals surface area contributed by atoms with Crippen LogP contribution in [0.5, 0.6) is 0 Å². The molecule has 0 aromatic heterocycles. The van der Waals surface area contributed by atoms with Crippen LogP contribution in [0, 0.1) is 5.41 Å². The Hall–Kier alpha value is -0.900. The van der Waals surface area contributed by atoms with Gasteiger partial charge in [0.2, 0.25) is 0 Å². The topological polar surface area (TPSA) is 27.7 Å². The van der Waals surface area contributed by atoms with Crippen molar-refractivity contribution >= 4 is 0 Å². The van der Waals surface area contributed by atoms with Crippen LogP contribution in [0.4, 0.5) is 0 Å². The summed E-state index contributed by atoms with van der Waals surface area (Å²) in [5.41, 5.74) is 1.65. The van der Waals surface area contributed by atoms with E-state index in [2.05, 4.69) is 44.2 Å². The van der Waals surface area contributed by atoms with Crippen LogP contribution in [0.2, 0.25) is 0 Å². The van der Waals surface area contributed by atoms with Crippen molar-refractivity contribution in [3.63, 3.8) is 0 Å². The molecule has 1 aliphatic rings. The zero-order valence-corrected chi connectivity index (χ0v) is 15.1. The molecule has 0 aliphatic carbocycles. The summed E-state index contributed by atoms with van der Waals surface area (Å²) < 4.78 is 17.7. The molecule has 2 rings (SSSR count). The van der Waals surface area contributed by atoms with Gasteiger partial charge in [0.15, 0.2) is 5.79 Å². The maximum absolute atomic E-state index is 6.08. The summed E-state index contributed by atoms with van der Waals surface area (Å²) in [6.45, 7) is 11.5. The van der Waals surface area contributed by atoms with Crippen molar-refractivity contribution in [2.45, 2.75) is 58.7 Å². The van der Waals surface area contributed by atoms with Crippen LogP contribution in [0.15, 0.2) is 30.3 Å². The van der Waals surface area contributed by atoms with Gasteiger partial charge in [0.25, 0.3) is 0 Å². The van der Waals surface area contributed by atoms with Crippen LogP contribution in [-0.2, 0) is 14.2 Å². The Balaban J connectivity index is 2.20. The average molecular weight is 320 g/mol. The largest absolute Gasteiger partial charge is 0.380 e. The van der Waals surface area contributed by atoms with Gasteiger partial charge in [-0.2, -0.15) is 0 Å². The van der Waals surface area contributed by atoms with Crippen molar-refractivity contribution in [2.75, 3.05) is 26.4 Å². The fourth-order valence-corrected chi connectivity index (χ4v) is 3.60. The molecule has 0 spiro atoms. The second-order valence-corrected chi connectivity index (χ2v) is 6.73. The number of hydrogen-bond donors (Lipinski definition) is 0. The predicted octanol–water partition coefficient (Wildman–Crippen LogP) is 4.77. The molecule has 1 aromatic carbocycles. The van der Waals surface area contributed by atoms with Gasteiger partial charge in [-0.15, -0.1) is 0 Å². The van der Waals surface area contributed by atoms with Crippen LogP contribution in [-0.4, -0.2) is 32.2 Å². The summed E-state index contributed by atoms with van der Waals surface area (Å²) in [4.78, 5) is 0. The molecule has 130 valence electrons. The van der Waals surface area contributed by atoms with Gasteiger partial charge in [-0.3, -0.25) is 0 Å². The molecule has 1 saturated heterocycles. The van der Waals surface area contributed by atoms with Crippen molar-refractivity contribution in [3.8, 4) is 0 Å². The normalized spacial score (nSPS) is 18.4. The van der Waals surface area contributed by atoms with E-state index >= 15 is 0 Å². The fraction of sp³-hybridized carbons (Fsp3) is 0.700. The van der Waals surface area contributed by atoms with Crippen LogP contribution in [0.25, 0.3) is 0 Å². The second kappa shape index (κ2) is 8.27. The van der Waals surface area contributed by atoms with Crippen molar-refractivity contribution < 1.29 is 14.2 Å². The van der Waals surface area contributed by atoms with Crippen LogP contribution in [0.3, 0.4) is 0 Å². The minimum absolute atomic E-state index is 0.229. The van der Waals surface area contributed by atoms with E-state index in [1.807, 2.05) is 13.8 Å². The lowest BCUT2D eigenvalue weighted by Crippen LogP contribution is -2.44. The first-order valence-electron chi connectivity index (χ1n) is 8.99. The third kappa shape index (κ3) is 4.34. The summed E-state index contributed by atoms with van der Waals surface area (Å²) in [5.74, 6) is -0.350. The standard InChI is InChI=1S/C20H32O3/c1-5-20(15-21-16-20)14-13-18(17-11-9-8-10-12-17)19(4,22-6-2)23-7-3/h8-12,18H,5-7,13-16H2,1-4H3.